The van der Waals surface area contributed by atoms with E-state index >= 15 is 0 Å². The minimum absolute atomic E-state index is 0.169. The third kappa shape index (κ3) is 3.08. The van der Waals surface area contributed by atoms with Crippen LogP contribution in [0.4, 0.5) is 0 Å². The summed E-state index contributed by atoms with van der Waals surface area (Å²) in [5.74, 6) is -1.01. The molecule has 0 aromatic rings. The lowest BCUT2D eigenvalue weighted by molar-refractivity contribution is -0.155. The molecule has 0 aliphatic heterocycles. The molecule has 14 heavy (non-hydrogen) atoms. The van der Waals surface area contributed by atoms with Crippen molar-refractivity contribution in [3.8, 4) is 0 Å². The van der Waals surface area contributed by atoms with Crippen LogP contribution in [-0.2, 0) is 14.3 Å². The fraction of sp³-hybridized carbons (Fsp3) is 0.778. The second kappa shape index (κ2) is 5.07. The van der Waals surface area contributed by atoms with Crippen molar-refractivity contribution in [1.82, 2.24) is 0 Å². The lowest BCUT2D eigenvalue weighted by atomic mass is 9.89. The van der Waals surface area contributed by atoms with Gasteiger partial charge < -0.3 is 15.6 Å². The first kappa shape index (κ1) is 13.1. The third-order valence-corrected chi connectivity index (χ3v) is 1.94. The van der Waals surface area contributed by atoms with Crippen molar-refractivity contribution in [2.75, 3.05) is 6.61 Å². The monoisotopic (exact) mass is 203 g/mol. The van der Waals surface area contributed by atoms with Crippen LogP contribution >= 0.6 is 0 Å². The van der Waals surface area contributed by atoms with Gasteiger partial charge in [0.05, 0.1) is 12.7 Å². The highest BCUT2D eigenvalue weighted by molar-refractivity contribution is 5.89. The van der Waals surface area contributed by atoms with Crippen LogP contribution < -0.4 is 5.73 Å². The molecule has 0 fully saturated rings. The summed E-state index contributed by atoms with van der Waals surface area (Å²) in [7, 11) is 0. The molecule has 0 aliphatic rings. The van der Waals surface area contributed by atoms with Crippen LogP contribution in [0.3, 0.4) is 0 Å². The van der Waals surface area contributed by atoms with Gasteiger partial charge in [-0.15, -0.1) is 0 Å². The summed E-state index contributed by atoms with van der Waals surface area (Å²) >= 11 is 0. The Kier molecular flexibility index (Phi) is 4.73. The molecule has 0 heterocycles. The number of hydrogen-bond donors (Lipinski definition) is 2. The first-order valence-electron chi connectivity index (χ1n) is 4.48. The number of nitrogens with two attached hydrogens (primary N) is 1. The Bertz CT molecular complexity index is 227. The molecule has 0 radical (unpaired) electrons. The van der Waals surface area contributed by atoms with Gasteiger partial charge in [-0.25, -0.2) is 4.79 Å². The van der Waals surface area contributed by atoms with E-state index < -0.39 is 17.6 Å². The number of hydrogen-bond acceptors (Lipinski definition) is 5. The maximum atomic E-state index is 11.4. The van der Waals surface area contributed by atoms with Gasteiger partial charge >= 0.3 is 5.97 Å². The Morgan fingerprint density at radius 3 is 2.36 bits per heavy atom. The van der Waals surface area contributed by atoms with E-state index in [1.165, 1.54) is 13.8 Å². The zero-order valence-corrected chi connectivity index (χ0v) is 8.74. The Balaban J connectivity index is 4.70. The smallest absolute Gasteiger partial charge is 0.329 e. The molecule has 0 saturated heterocycles. The topological polar surface area (TPSA) is 89.6 Å². The molecular formula is C9H17NO4. The largest absolute Gasteiger partial charge is 0.465 e. The number of aliphatic hydroxyl groups excluding tert-OH is 1. The fourth-order valence-electron chi connectivity index (χ4n) is 1.07. The number of carbonyl (C=O) groups is 2. The predicted octanol–water partition coefficient (Wildman–Crippen LogP) is -0.393. The lowest BCUT2D eigenvalue weighted by Gasteiger charge is -2.28. The van der Waals surface area contributed by atoms with Crippen molar-refractivity contribution in [3.05, 3.63) is 0 Å². The Hall–Kier alpha value is -0.940. The fourth-order valence-corrected chi connectivity index (χ4v) is 1.07. The predicted molar refractivity (Wildman–Crippen MR) is 50.5 cm³/mol. The van der Waals surface area contributed by atoms with Gasteiger partial charge in [-0.1, -0.05) is 0 Å². The highest BCUT2D eigenvalue weighted by Crippen LogP contribution is 2.15. The molecule has 2 atom stereocenters. The summed E-state index contributed by atoms with van der Waals surface area (Å²) in [6.45, 7) is 4.47. The first-order valence-corrected chi connectivity index (χ1v) is 4.48. The maximum absolute atomic E-state index is 11.4. The summed E-state index contributed by atoms with van der Waals surface area (Å²) in [5.41, 5.74) is 4.00. The summed E-state index contributed by atoms with van der Waals surface area (Å²) < 4.78 is 4.69. The van der Waals surface area contributed by atoms with Crippen LogP contribution in [-0.4, -0.2) is 35.1 Å². The van der Waals surface area contributed by atoms with E-state index in [1.54, 1.807) is 6.92 Å². The van der Waals surface area contributed by atoms with Gasteiger partial charge in [0.1, 0.15) is 11.3 Å². The van der Waals surface area contributed by atoms with Crippen molar-refractivity contribution >= 4 is 11.8 Å². The van der Waals surface area contributed by atoms with E-state index in [0.29, 0.717) is 0 Å². The standard InChI is InChI=1S/C9H17NO4/c1-4-14-8(13)9(10,7(3)12)5-6(2)11/h7,12H,4-5,10H2,1-3H3. The van der Waals surface area contributed by atoms with Crippen LogP contribution in [0.1, 0.15) is 27.2 Å². The molecule has 5 nitrogen and oxygen atoms in total. The SMILES string of the molecule is CCOC(=O)C(N)(CC(C)=O)C(C)O. The Morgan fingerprint density at radius 1 is 1.57 bits per heavy atom. The summed E-state index contributed by atoms with van der Waals surface area (Å²) in [4.78, 5) is 22.3. The lowest BCUT2D eigenvalue weighted by Crippen LogP contribution is -2.58. The molecule has 0 aromatic heterocycles. The molecule has 0 amide bonds. The molecule has 0 aliphatic carbocycles. The van der Waals surface area contributed by atoms with E-state index in [-0.39, 0.29) is 18.8 Å². The highest BCUT2D eigenvalue weighted by Gasteiger charge is 2.41. The number of rotatable bonds is 5. The molecule has 0 saturated carbocycles. The number of esters is 1. The van der Waals surface area contributed by atoms with E-state index in [1.807, 2.05) is 0 Å². The van der Waals surface area contributed by atoms with Gasteiger partial charge in [0.15, 0.2) is 0 Å². The van der Waals surface area contributed by atoms with Crippen molar-refractivity contribution in [2.45, 2.75) is 38.8 Å². The molecule has 3 N–H and O–H groups in total. The number of aliphatic hydroxyl groups is 1. The summed E-state index contributed by atoms with van der Waals surface area (Å²) in [5, 5.41) is 9.34. The van der Waals surface area contributed by atoms with Crippen LogP contribution in [0.2, 0.25) is 0 Å². The summed E-state index contributed by atoms with van der Waals surface area (Å²) in [6.07, 6.45) is -1.34. The van der Waals surface area contributed by atoms with Crippen LogP contribution in [0, 0.1) is 0 Å². The normalized spacial score (nSPS) is 16.9. The molecular weight excluding hydrogens is 186 g/mol. The van der Waals surface area contributed by atoms with Crippen molar-refractivity contribution in [2.24, 2.45) is 5.73 Å². The molecule has 2 unspecified atom stereocenters. The highest BCUT2D eigenvalue weighted by atomic mass is 16.5. The number of carbonyl (C=O) groups excluding carboxylic acids is 2. The van der Waals surface area contributed by atoms with Gasteiger partial charge in [-0.3, -0.25) is 4.79 Å². The van der Waals surface area contributed by atoms with E-state index in [2.05, 4.69) is 0 Å². The first-order chi connectivity index (χ1) is 6.34. The molecule has 0 aromatic carbocycles. The Morgan fingerprint density at radius 2 is 2.07 bits per heavy atom. The zero-order chi connectivity index (χ0) is 11.4. The summed E-state index contributed by atoms with van der Waals surface area (Å²) in [6, 6.07) is 0. The molecule has 82 valence electrons. The number of ketones is 1. The van der Waals surface area contributed by atoms with Crippen LogP contribution in [0.25, 0.3) is 0 Å². The van der Waals surface area contributed by atoms with Crippen molar-refractivity contribution < 1.29 is 19.4 Å². The molecule has 0 rings (SSSR count). The van der Waals surface area contributed by atoms with E-state index in [9.17, 15) is 14.7 Å². The van der Waals surface area contributed by atoms with E-state index in [0.717, 1.165) is 0 Å². The minimum Gasteiger partial charge on any atom is -0.465 e. The second-order valence-corrected chi connectivity index (χ2v) is 3.32. The second-order valence-electron chi connectivity index (χ2n) is 3.32. The van der Waals surface area contributed by atoms with E-state index in [4.69, 9.17) is 10.5 Å². The molecule has 0 spiro atoms. The minimum atomic E-state index is -1.62. The van der Waals surface area contributed by atoms with Gasteiger partial charge in [-0.2, -0.15) is 0 Å². The van der Waals surface area contributed by atoms with Gasteiger partial charge in [-0.05, 0) is 20.8 Å². The number of ether oxygens (including phenoxy) is 1. The zero-order valence-electron chi connectivity index (χ0n) is 8.74. The van der Waals surface area contributed by atoms with Crippen LogP contribution in [0.15, 0.2) is 0 Å². The van der Waals surface area contributed by atoms with Gasteiger partial charge in [0.2, 0.25) is 0 Å². The van der Waals surface area contributed by atoms with Crippen molar-refractivity contribution in [3.63, 3.8) is 0 Å². The van der Waals surface area contributed by atoms with Crippen molar-refractivity contribution in [1.29, 1.82) is 0 Å². The average Bonchev–Trinajstić information content (AvgIpc) is 2.02. The Labute approximate surface area is 83.2 Å². The van der Waals surface area contributed by atoms with Gasteiger partial charge in [0, 0.05) is 6.42 Å². The molecule has 0 bridgehead atoms. The maximum Gasteiger partial charge on any atom is 0.329 e. The quantitative estimate of drug-likeness (QED) is 0.594. The molecule has 5 heteroatoms. The number of Topliss-reactive ketones (excluding diaryl/α,β-unsaturated/α-hetero) is 1. The van der Waals surface area contributed by atoms with Crippen LogP contribution in [0.5, 0.6) is 0 Å². The van der Waals surface area contributed by atoms with Gasteiger partial charge in [0.25, 0.3) is 0 Å². The third-order valence-electron chi connectivity index (χ3n) is 1.94. The average molecular weight is 203 g/mol.